The highest BCUT2D eigenvalue weighted by Crippen LogP contribution is 2.30. The number of amides is 1. The average Bonchev–Trinajstić information content (AvgIpc) is 2.46. The molecular weight excluding hydrogens is 322 g/mol. The molecule has 0 unspecified atom stereocenters. The Bertz CT molecular complexity index is 549. The average molecular weight is 340 g/mol. The summed E-state index contributed by atoms with van der Waals surface area (Å²) in [5.41, 5.74) is 0.734. The van der Waals surface area contributed by atoms with Crippen LogP contribution in [-0.2, 0) is 9.53 Å². The van der Waals surface area contributed by atoms with E-state index in [2.05, 4.69) is 21.2 Å². The van der Waals surface area contributed by atoms with Gasteiger partial charge in [-0.15, -0.1) is 0 Å². The van der Waals surface area contributed by atoms with Gasteiger partial charge in [0, 0.05) is 16.6 Å². The minimum absolute atomic E-state index is 0.140. The molecule has 2 rings (SSSR count). The number of carbonyl (C=O) groups excluding carboxylic acids is 2. The van der Waals surface area contributed by atoms with Crippen molar-refractivity contribution in [2.75, 3.05) is 6.54 Å². The maximum Gasteiger partial charge on any atom is 0.314 e. The Kier molecular flexibility index (Phi) is 4.18. The lowest BCUT2D eigenvalue weighted by Crippen LogP contribution is -2.28. The van der Waals surface area contributed by atoms with Gasteiger partial charge in [-0.1, -0.05) is 15.9 Å². The minimum atomic E-state index is -0.535. The second-order valence-corrected chi connectivity index (χ2v) is 6.78. The summed E-state index contributed by atoms with van der Waals surface area (Å²) >= 11 is 3.39. The molecule has 4 nitrogen and oxygen atoms in total. The van der Waals surface area contributed by atoms with Gasteiger partial charge in [-0.2, -0.15) is 0 Å². The number of hydrogen-bond acceptors (Lipinski definition) is 3. The monoisotopic (exact) mass is 339 g/mol. The van der Waals surface area contributed by atoms with Crippen LogP contribution < -0.4 is 5.32 Å². The molecule has 0 spiro atoms. The Morgan fingerprint density at radius 2 is 2.10 bits per heavy atom. The smallest absolute Gasteiger partial charge is 0.314 e. The zero-order valence-corrected chi connectivity index (χ0v) is 13.4. The van der Waals surface area contributed by atoms with Crippen LogP contribution in [0, 0.1) is 0 Å². The molecule has 1 N–H and O–H groups in total. The molecule has 1 aromatic rings. The highest BCUT2D eigenvalue weighted by Gasteiger charge is 2.31. The van der Waals surface area contributed by atoms with E-state index >= 15 is 0 Å². The number of benzene rings is 1. The van der Waals surface area contributed by atoms with Crippen LogP contribution in [0.4, 0.5) is 0 Å². The molecule has 1 atom stereocenters. The first kappa shape index (κ1) is 15.0. The topological polar surface area (TPSA) is 55.4 Å². The van der Waals surface area contributed by atoms with Crippen molar-refractivity contribution in [1.29, 1.82) is 0 Å². The third kappa shape index (κ3) is 3.39. The molecule has 1 aromatic carbocycles. The highest BCUT2D eigenvalue weighted by molar-refractivity contribution is 9.10. The fraction of sp³-hybridized carbons (Fsp3) is 0.467. The van der Waals surface area contributed by atoms with Crippen molar-refractivity contribution in [1.82, 2.24) is 5.32 Å². The first-order valence-electron chi connectivity index (χ1n) is 6.58. The van der Waals surface area contributed by atoms with E-state index in [1.54, 1.807) is 12.1 Å². The van der Waals surface area contributed by atoms with Gasteiger partial charge in [0.2, 0.25) is 0 Å². The molecule has 1 aliphatic rings. The number of carbonyl (C=O) groups is 2. The van der Waals surface area contributed by atoms with Crippen LogP contribution in [0.5, 0.6) is 0 Å². The molecule has 0 bridgehead atoms. The van der Waals surface area contributed by atoms with Crippen molar-refractivity contribution in [2.24, 2.45) is 0 Å². The Hall–Kier alpha value is -1.36. The summed E-state index contributed by atoms with van der Waals surface area (Å²) in [7, 11) is 0. The summed E-state index contributed by atoms with van der Waals surface area (Å²) in [4.78, 5) is 24.4. The number of esters is 1. The van der Waals surface area contributed by atoms with Gasteiger partial charge in [-0.25, -0.2) is 0 Å². The van der Waals surface area contributed by atoms with Crippen LogP contribution in [-0.4, -0.2) is 24.0 Å². The summed E-state index contributed by atoms with van der Waals surface area (Å²) in [5.74, 6) is -0.840. The van der Waals surface area contributed by atoms with E-state index < -0.39 is 11.5 Å². The van der Waals surface area contributed by atoms with Gasteiger partial charge in [0.25, 0.3) is 5.91 Å². The molecule has 0 radical (unpaired) electrons. The molecule has 0 aliphatic carbocycles. The molecule has 5 heteroatoms. The molecule has 0 saturated heterocycles. The van der Waals surface area contributed by atoms with Crippen molar-refractivity contribution in [3.8, 4) is 0 Å². The van der Waals surface area contributed by atoms with E-state index in [1.807, 2.05) is 26.8 Å². The third-order valence-electron chi connectivity index (χ3n) is 3.04. The van der Waals surface area contributed by atoms with Crippen LogP contribution in [0.2, 0.25) is 0 Å². The fourth-order valence-electron chi connectivity index (χ4n) is 2.23. The Labute approximate surface area is 127 Å². The summed E-state index contributed by atoms with van der Waals surface area (Å²) in [5, 5.41) is 2.81. The van der Waals surface area contributed by atoms with Crippen LogP contribution in [0.15, 0.2) is 22.7 Å². The highest BCUT2D eigenvalue weighted by atomic mass is 79.9. The second kappa shape index (κ2) is 5.56. The van der Waals surface area contributed by atoms with Gasteiger partial charge in [0.15, 0.2) is 0 Å². The Balaban J connectivity index is 2.40. The minimum Gasteiger partial charge on any atom is -0.459 e. The fourth-order valence-corrected chi connectivity index (χ4v) is 2.61. The van der Waals surface area contributed by atoms with Crippen LogP contribution in [0.1, 0.15) is 49.0 Å². The van der Waals surface area contributed by atoms with Gasteiger partial charge >= 0.3 is 5.97 Å². The summed E-state index contributed by atoms with van der Waals surface area (Å²) in [6.07, 6.45) is 0.546. The lowest BCUT2D eigenvalue weighted by molar-refractivity contribution is -0.156. The predicted molar refractivity (Wildman–Crippen MR) is 79.7 cm³/mol. The molecule has 0 fully saturated rings. The normalized spacial score (nSPS) is 18.8. The molecular formula is C15H18BrNO3. The number of ether oxygens (including phenoxy) is 1. The molecule has 1 aliphatic heterocycles. The standard InChI is InChI=1S/C15H18BrNO3/c1-15(2,3)20-14(19)11-6-7-17-13(18)10-5-4-9(16)8-12(10)11/h4-5,8,11H,6-7H2,1-3H3,(H,17,18)/t11-/m0/s1. The van der Waals surface area contributed by atoms with Crippen LogP contribution in [0.3, 0.4) is 0 Å². The van der Waals surface area contributed by atoms with Crippen molar-refractivity contribution in [3.63, 3.8) is 0 Å². The predicted octanol–water partition coefficient (Wildman–Crippen LogP) is 3.01. The summed E-state index contributed by atoms with van der Waals surface area (Å²) in [6.45, 7) is 5.99. The number of hydrogen-bond donors (Lipinski definition) is 1. The lowest BCUT2D eigenvalue weighted by Gasteiger charge is -2.24. The van der Waals surface area contributed by atoms with Gasteiger partial charge < -0.3 is 10.1 Å². The van der Waals surface area contributed by atoms with Crippen molar-refractivity contribution in [3.05, 3.63) is 33.8 Å². The lowest BCUT2D eigenvalue weighted by atomic mass is 9.92. The van der Waals surface area contributed by atoms with Crippen molar-refractivity contribution < 1.29 is 14.3 Å². The number of nitrogens with one attached hydrogen (secondary N) is 1. The number of fused-ring (bicyclic) bond motifs is 1. The van der Waals surface area contributed by atoms with Crippen molar-refractivity contribution >= 4 is 27.8 Å². The first-order valence-corrected chi connectivity index (χ1v) is 7.38. The molecule has 1 heterocycles. The summed E-state index contributed by atoms with van der Waals surface area (Å²) < 4.78 is 6.32. The Morgan fingerprint density at radius 3 is 2.75 bits per heavy atom. The molecule has 108 valence electrons. The first-order chi connectivity index (χ1) is 9.28. The van der Waals surface area contributed by atoms with Gasteiger partial charge in [-0.3, -0.25) is 9.59 Å². The van der Waals surface area contributed by atoms with E-state index in [4.69, 9.17) is 4.74 Å². The quantitative estimate of drug-likeness (QED) is 0.800. The van der Waals surface area contributed by atoms with Gasteiger partial charge in [0.1, 0.15) is 5.60 Å². The summed E-state index contributed by atoms with van der Waals surface area (Å²) in [6, 6.07) is 5.36. The zero-order chi connectivity index (χ0) is 14.9. The second-order valence-electron chi connectivity index (χ2n) is 5.86. The molecule has 20 heavy (non-hydrogen) atoms. The van der Waals surface area contributed by atoms with E-state index in [1.165, 1.54) is 0 Å². The number of halogens is 1. The Morgan fingerprint density at radius 1 is 1.40 bits per heavy atom. The van der Waals surface area contributed by atoms with Crippen LogP contribution in [0.25, 0.3) is 0 Å². The van der Waals surface area contributed by atoms with Crippen LogP contribution >= 0.6 is 15.9 Å². The van der Waals surface area contributed by atoms with E-state index in [0.717, 1.165) is 10.0 Å². The third-order valence-corrected chi connectivity index (χ3v) is 3.54. The van der Waals surface area contributed by atoms with E-state index in [-0.39, 0.29) is 11.9 Å². The largest absolute Gasteiger partial charge is 0.459 e. The van der Waals surface area contributed by atoms with Crippen molar-refractivity contribution in [2.45, 2.75) is 38.7 Å². The van der Waals surface area contributed by atoms with Gasteiger partial charge in [0.05, 0.1) is 5.92 Å². The number of rotatable bonds is 1. The van der Waals surface area contributed by atoms with E-state index in [0.29, 0.717) is 18.5 Å². The van der Waals surface area contributed by atoms with E-state index in [9.17, 15) is 9.59 Å². The maximum absolute atomic E-state index is 12.4. The maximum atomic E-state index is 12.4. The SMILES string of the molecule is CC(C)(C)OC(=O)[C@H]1CCNC(=O)c2ccc(Br)cc21. The zero-order valence-electron chi connectivity index (χ0n) is 11.8. The molecule has 0 aromatic heterocycles. The molecule has 0 saturated carbocycles. The van der Waals surface area contributed by atoms with Gasteiger partial charge in [-0.05, 0) is 51.0 Å². The molecule has 1 amide bonds.